The van der Waals surface area contributed by atoms with Crippen molar-refractivity contribution in [3.63, 3.8) is 0 Å². The number of thiophene rings is 1. The molecule has 1 atom stereocenters. The van der Waals surface area contributed by atoms with Crippen molar-refractivity contribution in [1.82, 2.24) is 24.5 Å². The van der Waals surface area contributed by atoms with Gasteiger partial charge in [-0.15, -0.1) is 0 Å². The number of imidazole rings is 1. The number of pyridine rings is 1. The summed E-state index contributed by atoms with van der Waals surface area (Å²) in [5, 5.41) is 1.01. The Morgan fingerprint density at radius 1 is 1.17 bits per heavy atom. The van der Waals surface area contributed by atoms with Gasteiger partial charge < -0.3 is 20.6 Å². The second-order valence-electron chi connectivity index (χ2n) is 7.47. The summed E-state index contributed by atoms with van der Waals surface area (Å²) in [5.74, 6) is 1.10. The Balaban J connectivity index is 1.76. The van der Waals surface area contributed by atoms with Crippen molar-refractivity contribution < 1.29 is 4.55 Å². The van der Waals surface area contributed by atoms with Crippen molar-refractivity contribution in [2.75, 3.05) is 11.5 Å². The predicted octanol–water partition coefficient (Wildman–Crippen LogP) is 3.29. The van der Waals surface area contributed by atoms with E-state index >= 15 is 0 Å². The lowest BCUT2D eigenvalue weighted by atomic mass is 10.0. The lowest BCUT2D eigenvalue weighted by molar-refractivity contribution is 0.478. The highest BCUT2D eigenvalue weighted by Gasteiger charge is 2.35. The maximum Gasteiger partial charge on any atom is 0.232 e. The van der Waals surface area contributed by atoms with Crippen molar-refractivity contribution in [2.24, 2.45) is 7.05 Å². The number of rotatable bonds is 4. The first-order valence-corrected chi connectivity index (χ1v) is 11.7. The number of fused-ring (bicyclic) bond motifs is 1. The molecule has 1 saturated carbocycles. The molecular weight excluding hydrogens is 418 g/mol. The lowest BCUT2D eigenvalue weighted by Crippen LogP contribution is -2.28. The minimum absolute atomic E-state index is 0.188. The molecule has 4 aromatic rings. The molecule has 4 N–H and O–H groups in total. The fourth-order valence-corrected chi connectivity index (χ4v) is 6.77. The van der Waals surface area contributed by atoms with Crippen LogP contribution >= 0.6 is 11.3 Å². The first kappa shape index (κ1) is 19.3. The van der Waals surface area contributed by atoms with Crippen molar-refractivity contribution in [3.05, 3.63) is 30.5 Å². The average molecular weight is 440 g/mol. The molecule has 0 spiro atoms. The van der Waals surface area contributed by atoms with E-state index < -0.39 is 11.2 Å². The minimum Gasteiger partial charge on any atom is -0.611 e. The summed E-state index contributed by atoms with van der Waals surface area (Å²) in [6.07, 6.45) is 8.22. The summed E-state index contributed by atoms with van der Waals surface area (Å²) in [6.45, 7) is 1.95. The van der Waals surface area contributed by atoms with Crippen LogP contribution in [0.4, 0.5) is 11.6 Å². The summed E-state index contributed by atoms with van der Waals surface area (Å²) < 4.78 is 15.8. The van der Waals surface area contributed by atoms with Gasteiger partial charge >= 0.3 is 0 Å². The maximum atomic E-state index is 13.1. The molecule has 30 heavy (non-hydrogen) atoms. The number of anilines is 2. The van der Waals surface area contributed by atoms with E-state index in [9.17, 15) is 4.55 Å². The molecule has 154 valence electrons. The minimum atomic E-state index is -1.11. The monoisotopic (exact) mass is 439 g/mol. The van der Waals surface area contributed by atoms with Crippen LogP contribution in [-0.2, 0) is 18.2 Å². The van der Waals surface area contributed by atoms with Crippen LogP contribution < -0.4 is 11.5 Å². The largest absolute Gasteiger partial charge is 0.611 e. The molecule has 1 unspecified atom stereocenters. The molecule has 4 heterocycles. The number of hydrogen-bond acceptors (Lipinski definition) is 8. The summed E-state index contributed by atoms with van der Waals surface area (Å²) in [6, 6.07) is 1.97. The van der Waals surface area contributed by atoms with Crippen LogP contribution in [0.2, 0.25) is 0 Å². The van der Waals surface area contributed by atoms with Gasteiger partial charge in [0.15, 0.2) is 0 Å². The second-order valence-corrected chi connectivity index (χ2v) is 10.4. The summed E-state index contributed by atoms with van der Waals surface area (Å²) >= 11 is 0.297. The van der Waals surface area contributed by atoms with E-state index in [1.54, 1.807) is 12.4 Å². The SMILES string of the molecule is Cc1ncc(-c2cc(-c3cnc(N)nc3)nc3sc([S+]([O-])C4CCC4)c(N)c23)n1C. The second kappa shape index (κ2) is 7.22. The van der Waals surface area contributed by atoms with E-state index in [1.165, 1.54) is 11.3 Å². The number of nitrogen functional groups attached to an aromatic ring is 2. The fraction of sp³-hybridized carbons (Fsp3) is 0.300. The van der Waals surface area contributed by atoms with Crippen LogP contribution in [0.5, 0.6) is 0 Å². The summed E-state index contributed by atoms with van der Waals surface area (Å²) in [7, 11) is 1.96. The quantitative estimate of drug-likeness (QED) is 0.466. The molecule has 0 saturated heterocycles. The Kier molecular flexibility index (Phi) is 4.64. The Labute approximate surface area is 180 Å². The third-order valence-electron chi connectivity index (χ3n) is 5.67. The standard InChI is InChI=1S/C20H21N7OS2/c1-10-23-9-15(27(10)2)13-6-14(11-7-24-20(22)25-8-11)26-18-16(13)17(21)19(29-18)30(28)12-4-3-5-12/h6-9,12H,3-5,21H2,1-2H3,(H2,22,24,25). The van der Waals surface area contributed by atoms with Gasteiger partial charge in [-0.25, -0.2) is 19.9 Å². The zero-order valence-electron chi connectivity index (χ0n) is 16.6. The molecule has 0 bridgehead atoms. The van der Waals surface area contributed by atoms with E-state index in [0.717, 1.165) is 52.1 Å². The van der Waals surface area contributed by atoms with Crippen molar-refractivity contribution in [2.45, 2.75) is 35.6 Å². The maximum absolute atomic E-state index is 13.1. The molecule has 0 aromatic carbocycles. The predicted molar refractivity (Wildman–Crippen MR) is 120 cm³/mol. The van der Waals surface area contributed by atoms with Crippen LogP contribution in [0, 0.1) is 6.92 Å². The van der Waals surface area contributed by atoms with E-state index in [1.807, 2.05) is 30.8 Å². The molecule has 4 aromatic heterocycles. The van der Waals surface area contributed by atoms with E-state index in [4.69, 9.17) is 16.5 Å². The molecule has 0 aliphatic heterocycles. The number of hydrogen-bond donors (Lipinski definition) is 2. The third-order valence-corrected chi connectivity index (χ3v) is 8.97. The highest BCUT2D eigenvalue weighted by atomic mass is 32.2. The first-order valence-electron chi connectivity index (χ1n) is 9.64. The Morgan fingerprint density at radius 3 is 2.50 bits per heavy atom. The Bertz CT molecular complexity index is 1240. The van der Waals surface area contributed by atoms with Crippen LogP contribution in [0.1, 0.15) is 25.1 Å². The molecule has 1 aliphatic rings. The molecule has 1 aliphatic carbocycles. The molecule has 0 radical (unpaired) electrons. The van der Waals surface area contributed by atoms with Gasteiger partial charge in [0, 0.05) is 47.1 Å². The third kappa shape index (κ3) is 3.03. The van der Waals surface area contributed by atoms with Crippen LogP contribution in [0.15, 0.2) is 28.9 Å². The number of nitrogens with zero attached hydrogens (tertiary/aromatic N) is 5. The highest BCUT2D eigenvalue weighted by molar-refractivity contribution is 7.94. The van der Waals surface area contributed by atoms with Gasteiger partial charge in [0.2, 0.25) is 10.2 Å². The zero-order valence-corrected chi connectivity index (χ0v) is 18.3. The normalized spacial score (nSPS) is 15.4. The topological polar surface area (TPSA) is 132 Å². The first-order chi connectivity index (χ1) is 14.4. The van der Waals surface area contributed by atoms with Crippen molar-refractivity contribution in [3.8, 4) is 22.5 Å². The summed E-state index contributed by atoms with van der Waals surface area (Å²) in [5.41, 5.74) is 16.0. The van der Waals surface area contributed by atoms with Gasteiger partial charge in [0.05, 0.1) is 17.6 Å². The average Bonchev–Trinajstić information content (AvgIpc) is 3.20. The van der Waals surface area contributed by atoms with Gasteiger partial charge in [0.25, 0.3) is 0 Å². The zero-order chi connectivity index (χ0) is 21.0. The lowest BCUT2D eigenvalue weighted by Gasteiger charge is -2.27. The number of nitrogens with two attached hydrogens (primary N) is 2. The van der Waals surface area contributed by atoms with Crippen molar-refractivity contribution >= 4 is 44.4 Å². The number of aromatic nitrogens is 5. The van der Waals surface area contributed by atoms with Crippen LogP contribution in [0.25, 0.3) is 32.7 Å². The molecular formula is C20H21N7OS2. The van der Waals surface area contributed by atoms with Gasteiger partial charge in [-0.2, -0.15) is 0 Å². The van der Waals surface area contributed by atoms with Crippen molar-refractivity contribution in [1.29, 1.82) is 0 Å². The molecule has 1 fully saturated rings. The number of aryl methyl sites for hydroxylation is 1. The van der Waals surface area contributed by atoms with E-state index in [2.05, 4.69) is 15.0 Å². The summed E-state index contributed by atoms with van der Waals surface area (Å²) in [4.78, 5) is 18.2. The van der Waals surface area contributed by atoms with Crippen LogP contribution in [-0.4, -0.2) is 34.3 Å². The molecule has 5 rings (SSSR count). The Hall–Kier alpha value is -2.69. The molecule has 10 heteroatoms. The van der Waals surface area contributed by atoms with Crippen LogP contribution in [0.3, 0.4) is 0 Å². The van der Waals surface area contributed by atoms with Gasteiger partial charge in [-0.3, -0.25) is 0 Å². The Morgan fingerprint density at radius 2 is 1.90 bits per heavy atom. The van der Waals surface area contributed by atoms with E-state index in [0.29, 0.717) is 15.6 Å². The van der Waals surface area contributed by atoms with Gasteiger partial charge in [-0.05, 0) is 32.3 Å². The fourth-order valence-electron chi connectivity index (χ4n) is 3.56. The van der Waals surface area contributed by atoms with Gasteiger partial charge in [-0.1, -0.05) is 11.3 Å². The highest BCUT2D eigenvalue weighted by Crippen LogP contribution is 2.45. The molecule has 8 nitrogen and oxygen atoms in total. The molecule has 0 amide bonds. The smallest absolute Gasteiger partial charge is 0.232 e. The van der Waals surface area contributed by atoms with E-state index in [-0.39, 0.29) is 11.2 Å². The van der Waals surface area contributed by atoms with Gasteiger partial charge in [0.1, 0.15) is 21.6 Å².